The van der Waals surface area contributed by atoms with Crippen molar-refractivity contribution in [1.82, 2.24) is 10.3 Å². The number of furan rings is 1. The minimum atomic E-state index is -1.05. The molecule has 0 radical (unpaired) electrons. The van der Waals surface area contributed by atoms with E-state index in [-0.39, 0.29) is 24.1 Å². The van der Waals surface area contributed by atoms with Crippen molar-refractivity contribution in [2.24, 2.45) is 0 Å². The van der Waals surface area contributed by atoms with Gasteiger partial charge in [-0.25, -0.2) is 4.79 Å². The molecule has 11 heteroatoms. The molecule has 0 bridgehead atoms. The van der Waals surface area contributed by atoms with Crippen LogP contribution in [0, 0.1) is 0 Å². The van der Waals surface area contributed by atoms with Gasteiger partial charge in [0.1, 0.15) is 24.2 Å². The number of pyridine rings is 1. The summed E-state index contributed by atoms with van der Waals surface area (Å²) in [5.74, 6) is -0.424. The van der Waals surface area contributed by atoms with Gasteiger partial charge in [-0.05, 0) is 60.7 Å². The van der Waals surface area contributed by atoms with Crippen molar-refractivity contribution in [1.29, 1.82) is 0 Å². The quantitative estimate of drug-likeness (QED) is 0.241. The van der Waals surface area contributed by atoms with Crippen LogP contribution in [0.25, 0.3) is 11.3 Å². The summed E-state index contributed by atoms with van der Waals surface area (Å²) in [6.45, 7) is -0.0993. The van der Waals surface area contributed by atoms with E-state index in [1.165, 1.54) is 13.2 Å². The van der Waals surface area contributed by atoms with Gasteiger partial charge in [0, 0.05) is 24.6 Å². The predicted octanol–water partition coefficient (Wildman–Crippen LogP) is 5.46. The van der Waals surface area contributed by atoms with Crippen molar-refractivity contribution in [3.05, 3.63) is 101 Å². The summed E-state index contributed by atoms with van der Waals surface area (Å²) in [6, 6.07) is 20.1. The number of thiocarbonyl (C=S) groups is 1. The first kappa shape index (κ1) is 26.4. The number of methoxy groups -OCH3 is 1. The smallest absolute Gasteiger partial charge is 0.336 e. The molecule has 2 aromatic carbocycles. The second-order valence-corrected chi connectivity index (χ2v) is 9.49. The van der Waals surface area contributed by atoms with E-state index in [1.54, 1.807) is 54.7 Å². The van der Waals surface area contributed by atoms with Crippen LogP contribution in [0.1, 0.15) is 33.9 Å². The number of nitrogens with one attached hydrogen (secondary N) is 2. The highest BCUT2D eigenvalue weighted by Gasteiger charge is 2.42. The average molecular weight is 563 g/mol. The zero-order valence-corrected chi connectivity index (χ0v) is 22.2. The van der Waals surface area contributed by atoms with Crippen molar-refractivity contribution in [3.8, 4) is 11.3 Å². The van der Waals surface area contributed by atoms with Crippen LogP contribution >= 0.6 is 23.8 Å². The fourth-order valence-corrected chi connectivity index (χ4v) is 5.10. The summed E-state index contributed by atoms with van der Waals surface area (Å²) in [4.78, 5) is 30.2. The Morgan fingerprint density at radius 1 is 1.15 bits per heavy atom. The van der Waals surface area contributed by atoms with Crippen LogP contribution < -0.4 is 15.5 Å². The summed E-state index contributed by atoms with van der Waals surface area (Å²) in [6.07, 6.45) is 1.70. The largest absolute Gasteiger partial charge is 0.478 e. The molecule has 5 rings (SSSR count). The summed E-state index contributed by atoms with van der Waals surface area (Å²) >= 11 is 12.3. The predicted molar refractivity (Wildman–Crippen MR) is 151 cm³/mol. The number of carboxylic acids is 1. The number of benzene rings is 2. The molecule has 1 aliphatic heterocycles. The summed E-state index contributed by atoms with van der Waals surface area (Å²) in [7, 11) is 1.43. The lowest BCUT2D eigenvalue weighted by atomic mass is 10.0. The number of carboxylic acid groups (broad SMARTS) is 1. The first-order valence-electron chi connectivity index (χ1n) is 11.9. The van der Waals surface area contributed by atoms with Gasteiger partial charge in [0.15, 0.2) is 5.11 Å². The summed E-state index contributed by atoms with van der Waals surface area (Å²) in [5.41, 5.74) is 2.43. The highest BCUT2D eigenvalue weighted by Crippen LogP contribution is 2.44. The average Bonchev–Trinajstić information content (AvgIpc) is 3.55. The minimum Gasteiger partial charge on any atom is -0.478 e. The van der Waals surface area contributed by atoms with E-state index < -0.39 is 12.0 Å². The number of halogens is 1. The lowest BCUT2D eigenvalue weighted by Gasteiger charge is -2.26. The Morgan fingerprint density at radius 3 is 2.67 bits per heavy atom. The van der Waals surface area contributed by atoms with E-state index in [9.17, 15) is 14.7 Å². The van der Waals surface area contributed by atoms with Crippen LogP contribution in [-0.2, 0) is 9.53 Å². The SMILES string of the molecule is COCC(=O)Nc1ccc(N2C(=S)N[C@H](c3ccccn3)[C@H]2c2ccc(-c3ccccc3C(=O)O)o2)cc1Cl. The molecule has 3 N–H and O–H groups in total. The third-order valence-corrected chi connectivity index (χ3v) is 6.85. The van der Waals surface area contributed by atoms with Crippen molar-refractivity contribution in [3.63, 3.8) is 0 Å². The van der Waals surface area contributed by atoms with Crippen LogP contribution in [-0.4, -0.2) is 40.8 Å². The summed E-state index contributed by atoms with van der Waals surface area (Å²) < 4.78 is 11.2. The zero-order chi connectivity index (χ0) is 27.5. The van der Waals surface area contributed by atoms with Crippen molar-refractivity contribution < 1.29 is 23.8 Å². The number of carbonyl (C=O) groups excluding carboxylic acids is 1. The molecule has 0 saturated carbocycles. The van der Waals surface area contributed by atoms with E-state index in [1.807, 2.05) is 23.1 Å². The van der Waals surface area contributed by atoms with E-state index in [0.29, 0.717) is 38.6 Å². The molecule has 4 aromatic rings. The number of hydrogen-bond donors (Lipinski definition) is 3. The van der Waals surface area contributed by atoms with E-state index >= 15 is 0 Å². The molecule has 0 unspecified atom stereocenters. The number of nitrogens with zero attached hydrogens (tertiary/aromatic N) is 2. The molecule has 1 amide bonds. The number of anilines is 2. The van der Waals surface area contributed by atoms with Gasteiger partial charge >= 0.3 is 5.97 Å². The van der Waals surface area contributed by atoms with E-state index in [2.05, 4.69) is 15.6 Å². The Morgan fingerprint density at radius 2 is 1.95 bits per heavy atom. The van der Waals surface area contributed by atoms with Crippen LogP contribution in [0.4, 0.5) is 11.4 Å². The van der Waals surface area contributed by atoms with Gasteiger partial charge < -0.3 is 29.8 Å². The van der Waals surface area contributed by atoms with Crippen LogP contribution in [0.2, 0.25) is 5.02 Å². The molecular weight excluding hydrogens is 540 g/mol. The number of aromatic carboxylic acids is 1. The Balaban J connectivity index is 1.56. The normalized spacial score (nSPS) is 16.7. The molecule has 2 aromatic heterocycles. The third kappa shape index (κ3) is 5.35. The first-order valence-corrected chi connectivity index (χ1v) is 12.7. The minimum absolute atomic E-state index is 0.0993. The molecule has 1 fully saturated rings. The van der Waals surface area contributed by atoms with Crippen LogP contribution in [0.5, 0.6) is 0 Å². The third-order valence-electron chi connectivity index (χ3n) is 6.22. The molecule has 1 saturated heterocycles. The lowest BCUT2D eigenvalue weighted by Crippen LogP contribution is -2.29. The lowest BCUT2D eigenvalue weighted by molar-refractivity contribution is -0.119. The molecule has 198 valence electrons. The zero-order valence-electron chi connectivity index (χ0n) is 20.6. The number of aromatic nitrogens is 1. The highest BCUT2D eigenvalue weighted by atomic mass is 35.5. The van der Waals surface area contributed by atoms with Gasteiger partial charge in [-0.3, -0.25) is 9.78 Å². The molecular formula is C28H23ClN4O5S. The fraction of sp³-hybridized carbons (Fsp3) is 0.143. The molecule has 2 atom stereocenters. The second kappa shape index (κ2) is 11.2. The Labute approximate surface area is 234 Å². The van der Waals surface area contributed by atoms with Gasteiger partial charge in [0.2, 0.25) is 5.91 Å². The second-order valence-electron chi connectivity index (χ2n) is 8.69. The van der Waals surface area contributed by atoms with Gasteiger partial charge in [-0.2, -0.15) is 0 Å². The molecule has 1 aliphatic rings. The van der Waals surface area contributed by atoms with Gasteiger partial charge in [0.05, 0.1) is 28.0 Å². The molecule has 3 heterocycles. The Bertz CT molecular complexity index is 1540. The van der Waals surface area contributed by atoms with Gasteiger partial charge in [-0.15, -0.1) is 0 Å². The molecule has 9 nitrogen and oxygen atoms in total. The molecule has 0 spiro atoms. The maximum absolute atomic E-state index is 12.0. The number of rotatable bonds is 8. The molecule has 0 aliphatic carbocycles. The topological polar surface area (TPSA) is 117 Å². The van der Waals surface area contributed by atoms with Gasteiger partial charge in [-0.1, -0.05) is 35.9 Å². The number of ether oxygens (including phenoxy) is 1. The maximum Gasteiger partial charge on any atom is 0.336 e. The number of hydrogen-bond acceptors (Lipinski definition) is 6. The Hall–Kier alpha value is -4.25. The highest BCUT2D eigenvalue weighted by molar-refractivity contribution is 7.80. The van der Waals surface area contributed by atoms with Crippen LogP contribution in [0.15, 0.2) is 83.4 Å². The summed E-state index contributed by atoms with van der Waals surface area (Å²) in [5, 5.41) is 16.5. The van der Waals surface area contributed by atoms with Crippen molar-refractivity contribution in [2.75, 3.05) is 23.9 Å². The number of amides is 1. The molecule has 39 heavy (non-hydrogen) atoms. The van der Waals surface area contributed by atoms with E-state index in [4.69, 9.17) is 33.0 Å². The van der Waals surface area contributed by atoms with Crippen molar-refractivity contribution >= 4 is 52.2 Å². The fourth-order valence-electron chi connectivity index (χ4n) is 4.54. The van der Waals surface area contributed by atoms with Crippen LogP contribution in [0.3, 0.4) is 0 Å². The first-order chi connectivity index (χ1) is 18.9. The maximum atomic E-state index is 12.0. The van der Waals surface area contributed by atoms with E-state index in [0.717, 1.165) is 5.69 Å². The van der Waals surface area contributed by atoms with Crippen molar-refractivity contribution in [2.45, 2.75) is 12.1 Å². The standard InChI is InChI=1S/C28H23ClN4O5S/c1-37-15-24(34)31-20-10-9-16(14-19(20)29)33-26(25(32-28(33)39)21-8-4-5-13-30-21)23-12-11-22(38-23)17-6-2-3-7-18(17)27(35)36/h2-14,25-26H,15H2,1H3,(H,31,34)(H,32,39)(H,35,36)/t25-,26-/m1/s1. The Kier molecular flexibility index (Phi) is 7.60. The van der Waals surface area contributed by atoms with Gasteiger partial charge in [0.25, 0.3) is 0 Å². The number of carbonyl (C=O) groups is 2. The monoisotopic (exact) mass is 562 g/mol.